The van der Waals surface area contributed by atoms with Crippen LogP contribution in [-0.2, 0) is 14.8 Å². The Kier molecular flexibility index (Phi) is 5.56. The molecule has 0 spiro atoms. The molecular weight excluding hydrogens is 422 g/mol. The smallest absolute Gasteiger partial charge is 0.252 e. The predicted molar refractivity (Wildman–Crippen MR) is 103 cm³/mol. The maximum Gasteiger partial charge on any atom is 0.252 e. The van der Waals surface area contributed by atoms with E-state index in [0.717, 1.165) is 26.2 Å². The Morgan fingerprint density at radius 3 is 2.76 bits per heavy atom. The number of anilines is 1. The van der Waals surface area contributed by atoms with E-state index >= 15 is 0 Å². The molecule has 3 aromatic rings. The normalized spacial score (nSPS) is 11.8. The van der Waals surface area contributed by atoms with Gasteiger partial charge in [0.25, 0.3) is 10.0 Å². The molecule has 0 saturated carbocycles. The lowest BCUT2D eigenvalue weighted by Gasteiger charge is -2.14. The van der Waals surface area contributed by atoms with Gasteiger partial charge in [-0.1, -0.05) is 17.7 Å². The van der Waals surface area contributed by atoms with Crippen molar-refractivity contribution in [1.29, 1.82) is 0 Å². The highest BCUT2D eigenvalue weighted by atomic mass is 35.5. The standard InChI is InChI=1S/C14H12ClN3O3S4/c1-18(25(20,21)13-5-4-11(15)24-13)7-12(19)17-14-16-9(8-23-14)10-3-2-6-22-10/h2-6,8H,7H2,1H3,(H,16,17,19). The molecule has 25 heavy (non-hydrogen) atoms. The highest BCUT2D eigenvalue weighted by Gasteiger charge is 2.25. The van der Waals surface area contributed by atoms with Gasteiger partial charge in [-0.15, -0.1) is 34.0 Å². The quantitative estimate of drug-likeness (QED) is 0.640. The molecule has 11 heteroatoms. The number of carbonyl (C=O) groups excluding carboxylic acids is 1. The minimum Gasteiger partial charge on any atom is -0.301 e. The van der Waals surface area contributed by atoms with E-state index < -0.39 is 15.9 Å². The van der Waals surface area contributed by atoms with E-state index in [0.29, 0.717) is 9.47 Å². The molecule has 0 bridgehead atoms. The monoisotopic (exact) mass is 433 g/mol. The Morgan fingerprint density at radius 2 is 2.12 bits per heavy atom. The van der Waals surface area contributed by atoms with Gasteiger partial charge < -0.3 is 5.32 Å². The van der Waals surface area contributed by atoms with Gasteiger partial charge in [0.1, 0.15) is 4.21 Å². The van der Waals surface area contributed by atoms with E-state index in [1.54, 1.807) is 11.3 Å². The summed E-state index contributed by atoms with van der Waals surface area (Å²) in [6.07, 6.45) is 0. The topological polar surface area (TPSA) is 79.4 Å². The third-order valence-corrected chi connectivity index (χ3v) is 8.26. The van der Waals surface area contributed by atoms with E-state index in [2.05, 4.69) is 10.3 Å². The number of amides is 1. The Bertz CT molecular complexity index is 979. The fraction of sp³-hybridized carbons (Fsp3) is 0.143. The van der Waals surface area contributed by atoms with Crippen LogP contribution < -0.4 is 5.32 Å². The van der Waals surface area contributed by atoms with Crippen molar-refractivity contribution in [3.05, 3.63) is 39.4 Å². The first kappa shape index (κ1) is 18.5. The van der Waals surface area contributed by atoms with Crippen LogP contribution in [0.5, 0.6) is 0 Å². The van der Waals surface area contributed by atoms with E-state index in [-0.39, 0.29) is 10.8 Å². The summed E-state index contributed by atoms with van der Waals surface area (Å²) in [7, 11) is -2.40. The molecule has 0 aromatic carbocycles. The van der Waals surface area contributed by atoms with E-state index in [4.69, 9.17) is 11.6 Å². The Balaban J connectivity index is 1.64. The number of hydrogen-bond acceptors (Lipinski definition) is 7. The minimum absolute atomic E-state index is 0.0991. The fourth-order valence-electron chi connectivity index (χ4n) is 1.90. The van der Waals surface area contributed by atoms with E-state index in [1.165, 1.54) is 30.5 Å². The third kappa shape index (κ3) is 4.27. The molecule has 3 heterocycles. The highest BCUT2D eigenvalue weighted by molar-refractivity contribution is 7.91. The van der Waals surface area contributed by atoms with Gasteiger partial charge in [0.2, 0.25) is 5.91 Å². The van der Waals surface area contributed by atoms with Gasteiger partial charge in [-0.25, -0.2) is 13.4 Å². The first-order valence-electron chi connectivity index (χ1n) is 6.87. The number of thiophene rings is 2. The molecule has 0 unspecified atom stereocenters. The summed E-state index contributed by atoms with van der Waals surface area (Å²) in [5.74, 6) is -0.458. The molecule has 0 aliphatic rings. The second kappa shape index (κ2) is 7.52. The second-order valence-electron chi connectivity index (χ2n) is 4.88. The largest absolute Gasteiger partial charge is 0.301 e. The number of nitrogens with zero attached hydrogens (tertiary/aromatic N) is 2. The first-order valence-corrected chi connectivity index (χ1v) is 11.3. The average Bonchev–Trinajstić information content (AvgIpc) is 3.26. The zero-order valence-electron chi connectivity index (χ0n) is 12.8. The van der Waals surface area contributed by atoms with Crippen LogP contribution in [0.3, 0.4) is 0 Å². The van der Waals surface area contributed by atoms with Gasteiger partial charge in [0.05, 0.1) is 21.5 Å². The third-order valence-electron chi connectivity index (χ3n) is 3.10. The minimum atomic E-state index is -3.74. The van der Waals surface area contributed by atoms with Gasteiger partial charge in [-0.05, 0) is 23.6 Å². The van der Waals surface area contributed by atoms with Crippen molar-refractivity contribution >= 4 is 66.7 Å². The van der Waals surface area contributed by atoms with Gasteiger partial charge in [-0.3, -0.25) is 4.79 Å². The molecular formula is C14H12ClN3O3S4. The summed E-state index contributed by atoms with van der Waals surface area (Å²) in [5.41, 5.74) is 0.782. The Morgan fingerprint density at radius 1 is 1.32 bits per heavy atom. The van der Waals surface area contributed by atoms with Crippen molar-refractivity contribution in [1.82, 2.24) is 9.29 Å². The number of halogens is 1. The summed E-state index contributed by atoms with van der Waals surface area (Å²) < 4.78 is 26.2. The SMILES string of the molecule is CN(CC(=O)Nc1nc(-c2cccs2)cs1)S(=O)(=O)c1ccc(Cl)s1. The van der Waals surface area contributed by atoms with Crippen LogP contribution in [0.1, 0.15) is 0 Å². The van der Waals surface area contributed by atoms with Gasteiger partial charge in [0, 0.05) is 12.4 Å². The van der Waals surface area contributed by atoms with Crippen molar-refractivity contribution in [3.8, 4) is 10.6 Å². The number of hydrogen-bond donors (Lipinski definition) is 1. The molecule has 0 aliphatic heterocycles. The molecule has 3 rings (SSSR count). The van der Waals surface area contributed by atoms with Crippen molar-refractivity contribution in [2.45, 2.75) is 4.21 Å². The van der Waals surface area contributed by atoms with Crippen LogP contribution in [-0.4, -0.2) is 37.2 Å². The molecule has 0 saturated heterocycles. The molecule has 1 amide bonds. The van der Waals surface area contributed by atoms with Gasteiger partial charge >= 0.3 is 0 Å². The van der Waals surface area contributed by atoms with Crippen molar-refractivity contribution in [2.24, 2.45) is 0 Å². The molecule has 0 atom stereocenters. The molecule has 132 valence electrons. The lowest BCUT2D eigenvalue weighted by molar-refractivity contribution is -0.116. The summed E-state index contributed by atoms with van der Waals surface area (Å²) >= 11 is 9.58. The number of aromatic nitrogens is 1. The number of carbonyl (C=O) groups is 1. The van der Waals surface area contributed by atoms with Crippen molar-refractivity contribution < 1.29 is 13.2 Å². The van der Waals surface area contributed by atoms with Crippen LogP contribution in [0.2, 0.25) is 4.34 Å². The van der Waals surface area contributed by atoms with Crippen LogP contribution in [0, 0.1) is 0 Å². The zero-order chi connectivity index (χ0) is 18.0. The lowest BCUT2D eigenvalue weighted by Crippen LogP contribution is -2.34. The molecule has 3 aromatic heterocycles. The fourth-order valence-corrected chi connectivity index (χ4v) is 6.21. The van der Waals surface area contributed by atoms with Crippen LogP contribution in [0.25, 0.3) is 10.6 Å². The number of sulfonamides is 1. The number of nitrogens with one attached hydrogen (secondary N) is 1. The average molecular weight is 434 g/mol. The van der Waals surface area contributed by atoms with Gasteiger partial charge in [0.15, 0.2) is 5.13 Å². The summed E-state index contributed by atoms with van der Waals surface area (Å²) in [6.45, 7) is -0.314. The first-order chi connectivity index (χ1) is 11.9. The highest BCUT2D eigenvalue weighted by Crippen LogP contribution is 2.29. The summed E-state index contributed by atoms with van der Waals surface area (Å²) in [5, 5.41) is 6.85. The Labute approximate surface area is 161 Å². The number of likely N-dealkylation sites (N-methyl/N-ethyl adjacent to an activating group) is 1. The number of rotatable bonds is 6. The molecule has 0 radical (unpaired) electrons. The zero-order valence-corrected chi connectivity index (χ0v) is 16.8. The van der Waals surface area contributed by atoms with Crippen LogP contribution in [0.4, 0.5) is 5.13 Å². The van der Waals surface area contributed by atoms with E-state index in [1.807, 2.05) is 22.9 Å². The van der Waals surface area contributed by atoms with Crippen LogP contribution >= 0.6 is 45.6 Å². The molecule has 0 fully saturated rings. The van der Waals surface area contributed by atoms with Crippen molar-refractivity contribution in [2.75, 3.05) is 18.9 Å². The van der Waals surface area contributed by atoms with Crippen LogP contribution in [0.15, 0.2) is 39.2 Å². The maximum atomic E-state index is 12.4. The maximum absolute atomic E-state index is 12.4. The van der Waals surface area contributed by atoms with Crippen molar-refractivity contribution in [3.63, 3.8) is 0 Å². The lowest BCUT2D eigenvalue weighted by atomic mass is 10.4. The van der Waals surface area contributed by atoms with Gasteiger partial charge in [-0.2, -0.15) is 4.31 Å². The predicted octanol–water partition coefficient (Wildman–Crippen LogP) is 3.85. The molecule has 1 N–H and O–H groups in total. The number of thiazole rings is 1. The van der Waals surface area contributed by atoms with E-state index in [9.17, 15) is 13.2 Å². The Hall–Kier alpha value is -1.30. The summed E-state index contributed by atoms with van der Waals surface area (Å²) in [4.78, 5) is 17.5. The summed E-state index contributed by atoms with van der Waals surface area (Å²) in [6, 6.07) is 6.80. The molecule has 6 nitrogen and oxygen atoms in total. The molecule has 0 aliphatic carbocycles. The second-order valence-corrected chi connectivity index (χ2v) is 10.7.